The van der Waals surface area contributed by atoms with E-state index in [1.807, 2.05) is 23.6 Å². The fraction of sp³-hybridized carbons (Fsp3) is 0.455. The molecule has 8 heteroatoms. The first-order valence-electron chi connectivity index (χ1n) is 10.2. The van der Waals surface area contributed by atoms with Crippen LogP contribution in [-0.2, 0) is 26.3 Å². The number of carbonyl (C=O) groups excluding carboxylic acids is 3. The van der Waals surface area contributed by atoms with Crippen molar-refractivity contribution in [2.75, 3.05) is 18.5 Å². The number of amides is 2. The maximum absolute atomic E-state index is 13.3. The van der Waals surface area contributed by atoms with Crippen molar-refractivity contribution in [3.63, 3.8) is 0 Å². The normalized spacial score (nSPS) is 21.9. The van der Waals surface area contributed by atoms with Gasteiger partial charge in [0.15, 0.2) is 10.9 Å². The van der Waals surface area contributed by atoms with E-state index in [1.165, 1.54) is 11.3 Å². The lowest BCUT2D eigenvalue weighted by Gasteiger charge is -2.44. The van der Waals surface area contributed by atoms with E-state index in [-0.39, 0.29) is 24.0 Å². The third-order valence-corrected chi connectivity index (χ3v) is 7.34. The molecule has 2 amide bonds. The van der Waals surface area contributed by atoms with Crippen LogP contribution in [0.1, 0.15) is 49.8 Å². The van der Waals surface area contributed by atoms with E-state index < -0.39 is 5.54 Å². The van der Waals surface area contributed by atoms with E-state index in [1.54, 1.807) is 22.9 Å². The molecular formula is C22H24ClN3O3S. The zero-order valence-electron chi connectivity index (χ0n) is 16.9. The molecule has 0 bridgehead atoms. The Labute approximate surface area is 184 Å². The molecule has 1 aromatic carbocycles. The molecule has 1 saturated carbocycles. The number of thiazole rings is 1. The quantitative estimate of drug-likeness (QED) is 0.698. The number of halogens is 1. The summed E-state index contributed by atoms with van der Waals surface area (Å²) in [6.45, 7) is 0.670. The van der Waals surface area contributed by atoms with Gasteiger partial charge >= 0.3 is 0 Å². The Morgan fingerprint density at radius 3 is 2.73 bits per heavy atom. The molecule has 0 N–H and O–H groups in total. The molecule has 2 fully saturated rings. The second-order valence-electron chi connectivity index (χ2n) is 7.87. The van der Waals surface area contributed by atoms with Crippen LogP contribution in [0.25, 0.3) is 0 Å². The molecule has 30 heavy (non-hydrogen) atoms. The molecule has 1 saturated heterocycles. The molecule has 1 aromatic heterocycles. The molecule has 6 nitrogen and oxygen atoms in total. The number of Topliss-reactive ketones (excluding diaryl/α,β-unsaturated/α-hetero) is 1. The van der Waals surface area contributed by atoms with Crippen molar-refractivity contribution in [2.24, 2.45) is 0 Å². The van der Waals surface area contributed by atoms with Gasteiger partial charge < -0.3 is 4.90 Å². The molecule has 1 atom stereocenters. The number of nitrogens with zero attached hydrogens (tertiary/aromatic N) is 3. The largest absolute Gasteiger partial charge is 0.328 e. The summed E-state index contributed by atoms with van der Waals surface area (Å²) in [4.78, 5) is 46.1. The maximum atomic E-state index is 13.3. The highest BCUT2D eigenvalue weighted by molar-refractivity contribution is 7.14. The molecule has 1 aliphatic heterocycles. The number of aromatic nitrogens is 1. The molecule has 1 unspecified atom stereocenters. The summed E-state index contributed by atoms with van der Waals surface area (Å²) in [5.41, 5.74) is 0.259. The van der Waals surface area contributed by atoms with Crippen LogP contribution in [0.4, 0.5) is 5.13 Å². The van der Waals surface area contributed by atoms with Crippen molar-refractivity contribution in [1.29, 1.82) is 0 Å². The van der Waals surface area contributed by atoms with Crippen LogP contribution in [0.3, 0.4) is 0 Å². The van der Waals surface area contributed by atoms with Crippen LogP contribution in [0.2, 0.25) is 5.02 Å². The van der Waals surface area contributed by atoms with Gasteiger partial charge in [0, 0.05) is 42.4 Å². The monoisotopic (exact) mass is 445 g/mol. The van der Waals surface area contributed by atoms with Gasteiger partial charge in [-0.05, 0) is 31.7 Å². The number of hydrogen-bond donors (Lipinski definition) is 0. The summed E-state index contributed by atoms with van der Waals surface area (Å²) in [7, 11) is 1.69. The fourth-order valence-corrected chi connectivity index (χ4v) is 5.63. The summed E-state index contributed by atoms with van der Waals surface area (Å²) >= 11 is 7.85. The standard InChI is InChI=1S/C22H24ClN3O3S/c1-25(20(29)13-15-14-30-21(24-15)26-12-6-10-19(26)28)22(11-5-4-9-18(22)27)16-7-2-3-8-17(16)23/h2-3,7-8,14H,4-6,9-13H2,1H3. The minimum atomic E-state index is -1.04. The highest BCUT2D eigenvalue weighted by atomic mass is 35.5. The summed E-state index contributed by atoms with van der Waals surface area (Å²) < 4.78 is 0. The van der Waals surface area contributed by atoms with E-state index in [4.69, 9.17) is 11.6 Å². The fourth-order valence-electron chi connectivity index (χ4n) is 4.47. The number of anilines is 1. The maximum Gasteiger partial charge on any atom is 0.229 e. The highest BCUT2D eigenvalue weighted by Crippen LogP contribution is 2.42. The zero-order chi connectivity index (χ0) is 21.3. The number of ketones is 1. The SMILES string of the molecule is CN(C(=O)Cc1csc(N2CCCC2=O)n1)C1(c2ccccc2Cl)CCCCC1=O. The Bertz CT molecular complexity index is 992. The van der Waals surface area contributed by atoms with E-state index in [0.717, 1.165) is 19.3 Å². The third-order valence-electron chi connectivity index (χ3n) is 6.10. The van der Waals surface area contributed by atoms with Crippen molar-refractivity contribution in [3.05, 3.63) is 45.9 Å². The topological polar surface area (TPSA) is 70.6 Å². The van der Waals surface area contributed by atoms with Gasteiger partial charge in [0.1, 0.15) is 5.54 Å². The van der Waals surface area contributed by atoms with E-state index in [2.05, 4.69) is 4.98 Å². The van der Waals surface area contributed by atoms with Gasteiger partial charge in [-0.25, -0.2) is 4.98 Å². The van der Waals surface area contributed by atoms with Crippen LogP contribution in [-0.4, -0.2) is 41.1 Å². The van der Waals surface area contributed by atoms with Crippen molar-refractivity contribution >= 4 is 45.7 Å². The molecule has 158 valence electrons. The molecular weight excluding hydrogens is 422 g/mol. The van der Waals surface area contributed by atoms with Crippen molar-refractivity contribution in [1.82, 2.24) is 9.88 Å². The van der Waals surface area contributed by atoms with Crippen LogP contribution >= 0.6 is 22.9 Å². The van der Waals surface area contributed by atoms with E-state index >= 15 is 0 Å². The predicted octanol–water partition coefficient (Wildman–Crippen LogP) is 3.96. The van der Waals surface area contributed by atoms with Crippen LogP contribution in [0.5, 0.6) is 0 Å². The van der Waals surface area contributed by atoms with Crippen molar-refractivity contribution in [3.8, 4) is 0 Å². The van der Waals surface area contributed by atoms with Gasteiger partial charge in [-0.3, -0.25) is 19.3 Å². The number of hydrogen-bond acceptors (Lipinski definition) is 5. The average Bonchev–Trinajstić information content (AvgIpc) is 3.37. The van der Waals surface area contributed by atoms with Crippen LogP contribution < -0.4 is 4.90 Å². The molecule has 4 rings (SSSR count). The first-order valence-corrected chi connectivity index (χ1v) is 11.5. The average molecular weight is 446 g/mol. The smallest absolute Gasteiger partial charge is 0.229 e. The van der Waals surface area contributed by atoms with Gasteiger partial charge in [0.05, 0.1) is 12.1 Å². The summed E-state index contributed by atoms with van der Waals surface area (Å²) in [5, 5.41) is 2.95. The Morgan fingerprint density at radius 1 is 1.23 bits per heavy atom. The summed E-state index contributed by atoms with van der Waals surface area (Å²) in [6, 6.07) is 7.28. The predicted molar refractivity (Wildman–Crippen MR) is 117 cm³/mol. The number of carbonyl (C=O) groups is 3. The molecule has 2 heterocycles. The highest BCUT2D eigenvalue weighted by Gasteiger charge is 2.47. The second-order valence-corrected chi connectivity index (χ2v) is 9.11. The van der Waals surface area contributed by atoms with Crippen LogP contribution in [0.15, 0.2) is 29.6 Å². The first-order chi connectivity index (χ1) is 14.4. The minimum Gasteiger partial charge on any atom is -0.328 e. The van der Waals surface area contributed by atoms with Gasteiger partial charge in [0.2, 0.25) is 11.8 Å². The minimum absolute atomic E-state index is 0.0272. The van der Waals surface area contributed by atoms with Crippen LogP contribution in [0, 0.1) is 0 Å². The summed E-state index contributed by atoms with van der Waals surface area (Å²) in [6.07, 6.45) is 4.12. The second kappa shape index (κ2) is 8.47. The lowest BCUT2D eigenvalue weighted by molar-refractivity contribution is -0.147. The first kappa shape index (κ1) is 21.0. The Hall–Kier alpha value is -2.25. The molecule has 0 spiro atoms. The molecule has 1 aliphatic carbocycles. The molecule has 0 radical (unpaired) electrons. The van der Waals surface area contributed by atoms with E-state index in [0.29, 0.717) is 47.2 Å². The summed E-state index contributed by atoms with van der Waals surface area (Å²) in [5.74, 6) is -0.0843. The zero-order valence-corrected chi connectivity index (χ0v) is 18.5. The van der Waals surface area contributed by atoms with Gasteiger partial charge in [-0.1, -0.05) is 29.8 Å². The Balaban J connectivity index is 1.59. The van der Waals surface area contributed by atoms with E-state index in [9.17, 15) is 14.4 Å². The Kier molecular flexibility index (Phi) is 5.93. The molecule has 2 aromatic rings. The number of rotatable bonds is 5. The molecule has 2 aliphatic rings. The lowest BCUT2D eigenvalue weighted by atomic mass is 9.74. The van der Waals surface area contributed by atoms with Crippen molar-refractivity contribution < 1.29 is 14.4 Å². The Morgan fingerprint density at radius 2 is 2.03 bits per heavy atom. The van der Waals surface area contributed by atoms with Gasteiger partial charge in [0.25, 0.3) is 0 Å². The third kappa shape index (κ3) is 3.65. The number of likely N-dealkylation sites (N-methyl/N-ethyl adjacent to an activating group) is 1. The van der Waals surface area contributed by atoms with Gasteiger partial charge in [-0.15, -0.1) is 11.3 Å². The van der Waals surface area contributed by atoms with Crippen molar-refractivity contribution in [2.45, 2.75) is 50.5 Å². The van der Waals surface area contributed by atoms with Gasteiger partial charge in [-0.2, -0.15) is 0 Å². The number of benzene rings is 1. The lowest BCUT2D eigenvalue weighted by Crippen LogP contribution is -2.54.